The zero-order valence-electron chi connectivity index (χ0n) is 12.1. The van der Waals surface area contributed by atoms with E-state index in [1.165, 1.54) is 11.1 Å². The number of carbonyl (C=O) groups excluding carboxylic acids is 1. The van der Waals surface area contributed by atoms with Gasteiger partial charge in [-0.05, 0) is 68.2 Å². The second-order valence-electron chi connectivity index (χ2n) is 6.69. The van der Waals surface area contributed by atoms with Crippen molar-refractivity contribution in [2.75, 3.05) is 0 Å². The van der Waals surface area contributed by atoms with E-state index in [1.807, 2.05) is 6.07 Å². The van der Waals surface area contributed by atoms with Crippen molar-refractivity contribution in [2.24, 2.45) is 5.41 Å². The van der Waals surface area contributed by atoms with Crippen molar-refractivity contribution in [3.8, 4) is 0 Å². The number of allylic oxidation sites excluding steroid dienone is 4. The summed E-state index contributed by atoms with van der Waals surface area (Å²) in [5.41, 5.74) is 5.13. The van der Waals surface area contributed by atoms with Gasteiger partial charge in [0, 0.05) is 15.5 Å². The van der Waals surface area contributed by atoms with Gasteiger partial charge in [0.25, 0.3) is 0 Å². The minimum absolute atomic E-state index is 0.147. The average molecular weight is 343 g/mol. The second kappa shape index (κ2) is 4.95. The number of ketones is 1. The van der Waals surface area contributed by atoms with Crippen LogP contribution < -0.4 is 0 Å². The van der Waals surface area contributed by atoms with Crippen molar-refractivity contribution >= 4 is 21.7 Å². The molecule has 4 rings (SSSR count). The Bertz CT molecular complexity index is 683. The summed E-state index contributed by atoms with van der Waals surface area (Å²) in [4.78, 5) is 13.1. The molecule has 1 spiro atoms. The topological polar surface area (TPSA) is 17.1 Å². The highest BCUT2D eigenvalue weighted by molar-refractivity contribution is 9.10. The predicted octanol–water partition coefficient (Wildman–Crippen LogP) is 5.39. The SMILES string of the molecule is O=C1c2cc(Br)ccc2CC12CCCC1=C(CCC=C1)C2. The number of fused-ring (bicyclic) bond motifs is 1. The van der Waals surface area contributed by atoms with Crippen LogP contribution >= 0.6 is 15.9 Å². The van der Waals surface area contributed by atoms with Crippen molar-refractivity contribution in [3.05, 3.63) is 57.1 Å². The lowest BCUT2D eigenvalue weighted by molar-refractivity contribution is 0.0802. The van der Waals surface area contributed by atoms with Crippen LogP contribution in [0.15, 0.2) is 46.0 Å². The van der Waals surface area contributed by atoms with Gasteiger partial charge in [-0.2, -0.15) is 0 Å². The van der Waals surface area contributed by atoms with E-state index >= 15 is 0 Å². The molecule has 21 heavy (non-hydrogen) atoms. The van der Waals surface area contributed by atoms with Crippen LogP contribution in [0, 0.1) is 5.41 Å². The largest absolute Gasteiger partial charge is 0.294 e. The van der Waals surface area contributed by atoms with Crippen molar-refractivity contribution < 1.29 is 4.79 Å². The Balaban J connectivity index is 1.74. The lowest BCUT2D eigenvalue weighted by Crippen LogP contribution is -2.28. The number of rotatable bonds is 0. The molecule has 3 aliphatic carbocycles. The maximum absolute atomic E-state index is 13.1. The summed E-state index contributed by atoms with van der Waals surface area (Å²) in [5, 5.41) is 0. The minimum Gasteiger partial charge on any atom is -0.294 e. The third kappa shape index (κ3) is 2.15. The van der Waals surface area contributed by atoms with Crippen LogP contribution in [0.2, 0.25) is 0 Å². The summed E-state index contributed by atoms with van der Waals surface area (Å²) >= 11 is 3.50. The minimum atomic E-state index is -0.147. The van der Waals surface area contributed by atoms with Crippen LogP contribution in [0.5, 0.6) is 0 Å². The second-order valence-corrected chi connectivity index (χ2v) is 7.60. The van der Waals surface area contributed by atoms with E-state index in [1.54, 1.807) is 5.57 Å². The van der Waals surface area contributed by atoms with Crippen molar-refractivity contribution in [1.82, 2.24) is 0 Å². The molecule has 1 unspecified atom stereocenters. The number of hydrogen-bond acceptors (Lipinski definition) is 1. The zero-order chi connectivity index (χ0) is 14.4. The lowest BCUT2D eigenvalue weighted by Gasteiger charge is -2.27. The fraction of sp³-hybridized carbons (Fsp3) is 0.421. The van der Waals surface area contributed by atoms with E-state index in [0.717, 1.165) is 55.0 Å². The molecule has 3 aliphatic rings. The van der Waals surface area contributed by atoms with Crippen LogP contribution in [-0.2, 0) is 6.42 Å². The van der Waals surface area contributed by atoms with Gasteiger partial charge in [-0.1, -0.05) is 39.7 Å². The van der Waals surface area contributed by atoms with Gasteiger partial charge in [0.15, 0.2) is 5.78 Å². The van der Waals surface area contributed by atoms with Gasteiger partial charge >= 0.3 is 0 Å². The maximum Gasteiger partial charge on any atom is 0.169 e. The molecule has 1 aromatic rings. The predicted molar refractivity (Wildman–Crippen MR) is 88.5 cm³/mol. The normalized spacial score (nSPS) is 27.8. The molecule has 108 valence electrons. The molecule has 0 aromatic heterocycles. The quantitative estimate of drug-likeness (QED) is 0.617. The molecule has 2 heteroatoms. The van der Waals surface area contributed by atoms with E-state index in [4.69, 9.17) is 0 Å². The molecule has 0 radical (unpaired) electrons. The Kier molecular flexibility index (Phi) is 3.18. The van der Waals surface area contributed by atoms with E-state index < -0.39 is 0 Å². The zero-order valence-corrected chi connectivity index (χ0v) is 13.7. The molecule has 0 amide bonds. The summed E-state index contributed by atoms with van der Waals surface area (Å²) in [6, 6.07) is 6.22. The Labute approximate surface area is 134 Å². The van der Waals surface area contributed by atoms with Crippen molar-refractivity contribution in [2.45, 2.75) is 44.9 Å². The van der Waals surface area contributed by atoms with Gasteiger partial charge in [-0.3, -0.25) is 4.79 Å². The first kappa shape index (κ1) is 13.5. The molecule has 0 aliphatic heterocycles. The Morgan fingerprint density at radius 2 is 2.05 bits per heavy atom. The molecule has 1 aromatic carbocycles. The standard InChI is InChI=1S/C19H19BrO/c20-16-8-7-15-12-19(18(21)17(15)10-16)9-3-6-13-4-1-2-5-14(13)11-19/h1,4,7-8,10H,2-3,5-6,9,11-12H2. The van der Waals surface area contributed by atoms with Crippen LogP contribution in [0.25, 0.3) is 0 Å². The lowest BCUT2D eigenvalue weighted by atomic mass is 9.74. The molecule has 1 nitrogen and oxygen atoms in total. The summed E-state index contributed by atoms with van der Waals surface area (Å²) in [6.07, 6.45) is 12.2. The molecular formula is C19H19BrO. The summed E-state index contributed by atoms with van der Waals surface area (Å²) in [5.74, 6) is 0.391. The molecule has 0 saturated heterocycles. The highest BCUT2D eigenvalue weighted by atomic mass is 79.9. The van der Waals surface area contributed by atoms with Gasteiger partial charge in [-0.25, -0.2) is 0 Å². The fourth-order valence-electron chi connectivity index (χ4n) is 4.33. The Hall–Kier alpha value is -1.15. The number of carbonyl (C=O) groups is 1. The molecule has 0 heterocycles. The first-order valence-electron chi connectivity index (χ1n) is 7.89. The summed E-state index contributed by atoms with van der Waals surface area (Å²) < 4.78 is 1.01. The molecule has 0 bridgehead atoms. The monoisotopic (exact) mass is 342 g/mol. The van der Waals surface area contributed by atoms with Gasteiger partial charge in [-0.15, -0.1) is 0 Å². The highest BCUT2D eigenvalue weighted by Crippen LogP contribution is 2.49. The maximum atomic E-state index is 13.1. The number of halogens is 1. The van der Waals surface area contributed by atoms with Crippen LogP contribution in [0.4, 0.5) is 0 Å². The van der Waals surface area contributed by atoms with Gasteiger partial charge in [0.1, 0.15) is 0 Å². The van der Waals surface area contributed by atoms with E-state index in [-0.39, 0.29) is 5.41 Å². The van der Waals surface area contributed by atoms with Crippen molar-refractivity contribution in [1.29, 1.82) is 0 Å². The third-order valence-corrected chi connectivity index (χ3v) is 5.86. The molecular weight excluding hydrogens is 324 g/mol. The highest BCUT2D eigenvalue weighted by Gasteiger charge is 2.46. The molecule has 0 N–H and O–H groups in total. The average Bonchev–Trinajstić information content (AvgIpc) is 2.65. The van der Waals surface area contributed by atoms with Crippen LogP contribution in [0.3, 0.4) is 0 Å². The van der Waals surface area contributed by atoms with Gasteiger partial charge in [0.2, 0.25) is 0 Å². The Morgan fingerprint density at radius 3 is 2.95 bits per heavy atom. The number of benzene rings is 1. The number of hydrogen-bond donors (Lipinski definition) is 0. The third-order valence-electron chi connectivity index (χ3n) is 5.37. The summed E-state index contributed by atoms with van der Waals surface area (Å²) in [7, 11) is 0. The molecule has 1 atom stereocenters. The van der Waals surface area contributed by atoms with Crippen molar-refractivity contribution in [3.63, 3.8) is 0 Å². The van der Waals surface area contributed by atoms with E-state index in [9.17, 15) is 4.79 Å². The van der Waals surface area contributed by atoms with Crippen LogP contribution in [0.1, 0.15) is 54.4 Å². The van der Waals surface area contributed by atoms with E-state index in [0.29, 0.717) is 5.78 Å². The molecule has 0 saturated carbocycles. The van der Waals surface area contributed by atoms with E-state index in [2.05, 4.69) is 40.2 Å². The first-order chi connectivity index (χ1) is 10.2. The smallest absolute Gasteiger partial charge is 0.169 e. The molecule has 0 fully saturated rings. The summed E-state index contributed by atoms with van der Waals surface area (Å²) in [6.45, 7) is 0. The number of Topliss-reactive ketones (excluding diaryl/α,β-unsaturated/α-hetero) is 1. The fourth-order valence-corrected chi connectivity index (χ4v) is 4.69. The van der Waals surface area contributed by atoms with Crippen LogP contribution in [-0.4, -0.2) is 5.78 Å². The van der Waals surface area contributed by atoms with Gasteiger partial charge in [0.05, 0.1) is 0 Å². The van der Waals surface area contributed by atoms with Gasteiger partial charge < -0.3 is 0 Å². The first-order valence-corrected chi connectivity index (χ1v) is 8.68. The Morgan fingerprint density at radius 1 is 1.14 bits per heavy atom.